The van der Waals surface area contributed by atoms with Gasteiger partial charge in [0.25, 0.3) is 0 Å². The third kappa shape index (κ3) is 4.13. The molecule has 0 saturated heterocycles. The molecule has 1 aromatic carbocycles. The van der Waals surface area contributed by atoms with Crippen LogP contribution >= 0.6 is 0 Å². The Morgan fingerprint density at radius 3 is 2.39 bits per heavy atom. The first-order valence-electron chi connectivity index (χ1n) is 6.55. The minimum absolute atomic E-state index is 0.0400. The molecule has 2 rings (SSSR count). The van der Waals surface area contributed by atoms with Crippen molar-refractivity contribution in [1.82, 2.24) is 20.2 Å². The average Bonchev–Trinajstić information content (AvgIpc) is 3.00. The first-order valence-corrected chi connectivity index (χ1v) is 6.55. The number of aromatic nitrogens is 4. The van der Waals surface area contributed by atoms with Crippen molar-refractivity contribution in [1.29, 1.82) is 0 Å². The molecule has 0 amide bonds. The third-order valence-corrected chi connectivity index (χ3v) is 2.76. The summed E-state index contributed by atoms with van der Waals surface area (Å²) < 4.78 is 9.12. The van der Waals surface area contributed by atoms with Gasteiger partial charge in [-0.1, -0.05) is 0 Å². The summed E-state index contributed by atoms with van der Waals surface area (Å²) in [5.74, 6) is -0.800. The number of methoxy groups -OCH3 is 2. The fourth-order valence-corrected chi connectivity index (χ4v) is 1.66. The molecule has 9 heteroatoms. The zero-order chi connectivity index (χ0) is 16.8. The highest BCUT2D eigenvalue weighted by atomic mass is 16.5. The summed E-state index contributed by atoms with van der Waals surface area (Å²) in [7, 11) is 2.44. The highest BCUT2D eigenvalue weighted by Crippen LogP contribution is 2.14. The molecule has 1 heterocycles. The number of ether oxygens (including phenoxy) is 2. The van der Waals surface area contributed by atoms with Crippen LogP contribution in [0.4, 0.5) is 5.69 Å². The van der Waals surface area contributed by atoms with Gasteiger partial charge in [0.2, 0.25) is 0 Å². The van der Waals surface area contributed by atoms with Gasteiger partial charge in [-0.3, -0.25) is 0 Å². The van der Waals surface area contributed by atoms with Crippen LogP contribution in [0.25, 0.3) is 5.69 Å². The van der Waals surface area contributed by atoms with Crippen LogP contribution in [-0.4, -0.2) is 46.4 Å². The number of hydrogen-bond donors (Lipinski definition) is 1. The maximum atomic E-state index is 11.7. The number of carbonyl (C=O) groups is 2. The molecule has 0 aliphatic rings. The first kappa shape index (κ1) is 16.1. The van der Waals surface area contributed by atoms with E-state index in [0.717, 1.165) is 6.08 Å². The monoisotopic (exact) mass is 317 g/mol. The number of nitrogens with zero attached hydrogens (tertiary/aromatic N) is 4. The Morgan fingerprint density at radius 1 is 1.17 bits per heavy atom. The van der Waals surface area contributed by atoms with E-state index >= 15 is 0 Å². The van der Waals surface area contributed by atoms with E-state index in [4.69, 9.17) is 0 Å². The summed E-state index contributed by atoms with van der Waals surface area (Å²) in [5.41, 5.74) is 1.24. The van der Waals surface area contributed by atoms with E-state index in [2.05, 4.69) is 30.2 Å². The van der Waals surface area contributed by atoms with Crippen LogP contribution in [0.2, 0.25) is 0 Å². The SMILES string of the molecule is COC(=O)/C=C(/Nc1ccc(-n2nnc(C)n2)cc1)C(=O)OC. The topological polar surface area (TPSA) is 108 Å². The van der Waals surface area contributed by atoms with Crippen molar-refractivity contribution < 1.29 is 19.1 Å². The summed E-state index contributed by atoms with van der Waals surface area (Å²) in [6, 6.07) is 6.86. The summed E-state index contributed by atoms with van der Waals surface area (Å²) in [6.07, 6.45) is 1.02. The van der Waals surface area contributed by atoms with Crippen LogP contribution in [0.1, 0.15) is 5.82 Å². The molecule has 0 atom stereocenters. The van der Waals surface area contributed by atoms with Gasteiger partial charge in [-0.05, 0) is 36.4 Å². The van der Waals surface area contributed by atoms with E-state index in [-0.39, 0.29) is 5.70 Å². The molecule has 0 aliphatic heterocycles. The fourth-order valence-electron chi connectivity index (χ4n) is 1.66. The number of carbonyl (C=O) groups excluding carboxylic acids is 2. The lowest BCUT2D eigenvalue weighted by Gasteiger charge is -2.09. The second kappa shape index (κ2) is 7.16. The number of nitrogens with one attached hydrogen (secondary N) is 1. The van der Waals surface area contributed by atoms with Gasteiger partial charge in [0.15, 0.2) is 5.82 Å². The fraction of sp³-hybridized carbons (Fsp3) is 0.214. The van der Waals surface area contributed by atoms with Gasteiger partial charge in [0.1, 0.15) is 5.70 Å². The molecular formula is C14H15N5O4. The van der Waals surface area contributed by atoms with E-state index in [1.807, 2.05) is 0 Å². The molecule has 0 unspecified atom stereocenters. The Balaban J connectivity index is 2.19. The first-order chi connectivity index (χ1) is 11.0. The minimum atomic E-state index is -0.687. The summed E-state index contributed by atoms with van der Waals surface area (Å²) >= 11 is 0. The summed E-state index contributed by atoms with van der Waals surface area (Å²) in [4.78, 5) is 24.3. The van der Waals surface area contributed by atoms with Gasteiger partial charge in [0, 0.05) is 5.69 Å². The van der Waals surface area contributed by atoms with Gasteiger partial charge in [-0.15, -0.1) is 15.0 Å². The van der Waals surface area contributed by atoms with E-state index in [9.17, 15) is 9.59 Å². The normalized spacial score (nSPS) is 11.0. The van der Waals surface area contributed by atoms with Crippen LogP contribution < -0.4 is 5.32 Å². The number of aryl methyl sites for hydroxylation is 1. The van der Waals surface area contributed by atoms with Gasteiger partial charge in [-0.2, -0.15) is 0 Å². The minimum Gasteiger partial charge on any atom is -0.466 e. The van der Waals surface area contributed by atoms with Crippen LogP contribution in [0.3, 0.4) is 0 Å². The van der Waals surface area contributed by atoms with Crippen molar-refractivity contribution >= 4 is 17.6 Å². The van der Waals surface area contributed by atoms with E-state index in [1.165, 1.54) is 19.0 Å². The van der Waals surface area contributed by atoms with Crippen molar-refractivity contribution in [2.75, 3.05) is 19.5 Å². The van der Waals surface area contributed by atoms with Crippen molar-refractivity contribution in [2.45, 2.75) is 6.92 Å². The molecule has 1 N–H and O–H groups in total. The van der Waals surface area contributed by atoms with Crippen LogP contribution in [-0.2, 0) is 19.1 Å². The second-order valence-corrected chi connectivity index (χ2v) is 4.37. The Bertz CT molecular complexity index is 736. The van der Waals surface area contributed by atoms with Crippen molar-refractivity contribution in [3.8, 4) is 5.69 Å². The smallest absolute Gasteiger partial charge is 0.354 e. The van der Waals surface area contributed by atoms with Crippen molar-refractivity contribution in [2.24, 2.45) is 0 Å². The molecule has 0 saturated carbocycles. The number of tetrazole rings is 1. The lowest BCUT2D eigenvalue weighted by atomic mass is 10.2. The lowest BCUT2D eigenvalue weighted by molar-refractivity contribution is -0.138. The predicted molar refractivity (Wildman–Crippen MR) is 79.6 cm³/mol. The second-order valence-electron chi connectivity index (χ2n) is 4.37. The van der Waals surface area contributed by atoms with Crippen molar-refractivity contribution in [3.05, 3.63) is 41.9 Å². The molecule has 0 bridgehead atoms. The van der Waals surface area contributed by atoms with E-state index in [1.54, 1.807) is 31.2 Å². The van der Waals surface area contributed by atoms with Crippen LogP contribution in [0.15, 0.2) is 36.0 Å². The van der Waals surface area contributed by atoms with Crippen molar-refractivity contribution in [3.63, 3.8) is 0 Å². The van der Waals surface area contributed by atoms with Crippen LogP contribution in [0, 0.1) is 6.92 Å². The highest BCUT2D eigenvalue weighted by Gasteiger charge is 2.13. The Labute approximate surface area is 131 Å². The van der Waals surface area contributed by atoms with Gasteiger partial charge < -0.3 is 14.8 Å². The standard InChI is InChI=1S/C14H15N5O4/c1-9-16-18-19(17-9)11-6-4-10(5-7-11)15-12(14(21)23-3)8-13(20)22-2/h4-8,15H,1-3H3/b12-8+. The van der Waals surface area contributed by atoms with E-state index in [0.29, 0.717) is 17.2 Å². The van der Waals surface area contributed by atoms with Gasteiger partial charge in [-0.25, -0.2) is 9.59 Å². The maximum absolute atomic E-state index is 11.7. The number of anilines is 1. The van der Waals surface area contributed by atoms with Gasteiger partial charge >= 0.3 is 11.9 Å². The molecule has 9 nitrogen and oxygen atoms in total. The molecule has 120 valence electrons. The quantitative estimate of drug-likeness (QED) is 0.631. The third-order valence-electron chi connectivity index (χ3n) is 2.76. The largest absolute Gasteiger partial charge is 0.466 e. The van der Waals surface area contributed by atoms with E-state index < -0.39 is 11.9 Å². The molecule has 0 spiro atoms. The molecule has 2 aromatic rings. The predicted octanol–water partition coefficient (Wildman–Crippen LogP) is 0.613. The molecule has 0 fully saturated rings. The number of esters is 2. The summed E-state index contributed by atoms with van der Waals surface area (Å²) in [6.45, 7) is 1.74. The molecule has 23 heavy (non-hydrogen) atoms. The van der Waals surface area contributed by atoms with Crippen LogP contribution in [0.5, 0.6) is 0 Å². The maximum Gasteiger partial charge on any atom is 0.354 e. The molecule has 1 aromatic heterocycles. The average molecular weight is 317 g/mol. The number of hydrogen-bond acceptors (Lipinski definition) is 8. The molecule has 0 radical (unpaired) electrons. The van der Waals surface area contributed by atoms with Gasteiger partial charge in [0.05, 0.1) is 26.0 Å². The Morgan fingerprint density at radius 2 is 1.87 bits per heavy atom. The number of rotatable bonds is 5. The zero-order valence-electron chi connectivity index (χ0n) is 12.8. The number of benzene rings is 1. The Hall–Kier alpha value is -3.23. The highest BCUT2D eigenvalue weighted by molar-refractivity contribution is 5.98. The Kier molecular flexibility index (Phi) is 5.03. The lowest BCUT2D eigenvalue weighted by Crippen LogP contribution is -2.15. The molecular weight excluding hydrogens is 302 g/mol. The summed E-state index contributed by atoms with van der Waals surface area (Å²) in [5, 5.41) is 14.6. The zero-order valence-corrected chi connectivity index (χ0v) is 12.8. The molecule has 0 aliphatic carbocycles.